The van der Waals surface area contributed by atoms with Crippen molar-refractivity contribution in [2.75, 3.05) is 34.5 Å². The van der Waals surface area contributed by atoms with E-state index >= 15 is 0 Å². The van der Waals surface area contributed by atoms with Crippen molar-refractivity contribution in [3.8, 4) is 11.5 Å². The van der Waals surface area contributed by atoms with Crippen LogP contribution in [0.2, 0.25) is 0 Å². The van der Waals surface area contributed by atoms with Gasteiger partial charge < -0.3 is 25.3 Å². The SMILES string of the molecule is COCCC1(CNC(N)=NCc2ccc(OC)c(OC)c2)CCCC1. The van der Waals surface area contributed by atoms with E-state index in [0.717, 1.165) is 25.1 Å². The Morgan fingerprint density at radius 3 is 2.52 bits per heavy atom. The second-order valence-corrected chi connectivity index (χ2v) is 6.69. The molecule has 6 heteroatoms. The van der Waals surface area contributed by atoms with Crippen LogP contribution in [-0.2, 0) is 11.3 Å². The maximum absolute atomic E-state index is 6.07. The van der Waals surface area contributed by atoms with E-state index in [1.54, 1.807) is 21.3 Å². The number of methoxy groups -OCH3 is 3. The third-order valence-electron chi connectivity index (χ3n) is 5.03. The van der Waals surface area contributed by atoms with E-state index in [-0.39, 0.29) is 0 Å². The van der Waals surface area contributed by atoms with E-state index in [1.807, 2.05) is 18.2 Å². The zero-order valence-electron chi connectivity index (χ0n) is 15.6. The molecule has 1 aromatic rings. The zero-order chi connectivity index (χ0) is 18.1. The standard InChI is InChI=1S/C19H31N3O3/c1-23-11-10-19(8-4-5-9-19)14-22-18(20)21-13-15-6-7-16(24-2)17(12-15)25-3/h6-7,12H,4-5,8-11,13-14H2,1-3H3,(H3,20,21,22). The number of hydrogen-bond donors (Lipinski definition) is 2. The quantitative estimate of drug-likeness (QED) is 0.529. The highest BCUT2D eigenvalue weighted by atomic mass is 16.5. The minimum absolute atomic E-state index is 0.291. The van der Waals surface area contributed by atoms with Crippen molar-refractivity contribution < 1.29 is 14.2 Å². The van der Waals surface area contributed by atoms with Crippen molar-refractivity contribution in [2.24, 2.45) is 16.1 Å². The van der Waals surface area contributed by atoms with Gasteiger partial charge >= 0.3 is 0 Å². The summed E-state index contributed by atoms with van der Waals surface area (Å²) in [6.45, 7) is 2.16. The molecule has 0 bridgehead atoms. The van der Waals surface area contributed by atoms with Gasteiger partial charge in [-0.15, -0.1) is 0 Å². The normalized spacial score (nSPS) is 16.7. The van der Waals surface area contributed by atoms with Crippen molar-refractivity contribution in [2.45, 2.75) is 38.6 Å². The Morgan fingerprint density at radius 1 is 1.16 bits per heavy atom. The molecular weight excluding hydrogens is 318 g/mol. The summed E-state index contributed by atoms with van der Waals surface area (Å²) < 4.78 is 15.8. The van der Waals surface area contributed by atoms with Gasteiger partial charge in [-0.2, -0.15) is 0 Å². The molecule has 2 rings (SSSR count). The lowest BCUT2D eigenvalue weighted by atomic mass is 9.83. The minimum atomic E-state index is 0.291. The molecule has 1 fully saturated rings. The van der Waals surface area contributed by atoms with Gasteiger partial charge in [0.2, 0.25) is 0 Å². The number of guanidine groups is 1. The summed E-state index contributed by atoms with van der Waals surface area (Å²) in [6.07, 6.45) is 6.10. The smallest absolute Gasteiger partial charge is 0.188 e. The van der Waals surface area contributed by atoms with Gasteiger partial charge in [0.05, 0.1) is 20.8 Å². The van der Waals surface area contributed by atoms with Crippen molar-refractivity contribution in [3.05, 3.63) is 23.8 Å². The molecule has 3 N–H and O–H groups in total. The van der Waals surface area contributed by atoms with Crippen LogP contribution in [0, 0.1) is 5.41 Å². The molecule has 1 aromatic carbocycles. The minimum Gasteiger partial charge on any atom is -0.493 e. The summed E-state index contributed by atoms with van der Waals surface area (Å²) in [5.41, 5.74) is 7.38. The monoisotopic (exact) mass is 349 g/mol. The van der Waals surface area contributed by atoms with Crippen molar-refractivity contribution in [1.82, 2.24) is 5.32 Å². The first kappa shape index (κ1) is 19.4. The lowest BCUT2D eigenvalue weighted by molar-refractivity contribution is 0.138. The Hall–Kier alpha value is -1.95. The number of nitrogens with one attached hydrogen (secondary N) is 1. The van der Waals surface area contributed by atoms with Crippen LogP contribution in [0.3, 0.4) is 0 Å². The molecule has 6 nitrogen and oxygen atoms in total. The van der Waals surface area contributed by atoms with Crippen LogP contribution in [-0.4, -0.2) is 40.4 Å². The van der Waals surface area contributed by atoms with Crippen molar-refractivity contribution in [1.29, 1.82) is 0 Å². The van der Waals surface area contributed by atoms with Gasteiger partial charge in [-0.3, -0.25) is 0 Å². The Morgan fingerprint density at radius 2 is 1.88 bits per heavy atom. The molecule has 0 aromatic heterocycles. The van der Waals surface area contributed by atoms with Gasteiger partial charge in [0.25, 0.3) is 0 Å². The molecule has 0 amide bonds. The number of aliphatic imine (C=N–C) groups is 1. The molecule has 1 saturated carbocycles. The first-order valence-electron chi connectivity index (χ1n) is 8.86. The molecule has 1 aliphatic carbocycles. The van der Waals surface area contributed by atoms with Crippen molar-refractivity contribution in [3.63, 3.8) is 0 Å². The first-order chi connectivity index (χ1) is 12.1. The topological polar surface area (TPSA) is 78.1 Å². The highest BCUT2D eigenvalue weighted by molar-refractivity contribution is 5.77. The predicted octanol–water partition coefficient (Wildman–Crippen LogP) is 2.71. The van der Waals surface area contributed by atoms with Crippen LogP contribution in [0.4, 0.5) is 0 Å². The van der Waals surface area contributed by atoms with Gasteiger partial charge in [0.15, 0.2) is 17.5 Å². The van der Waals surface area contributed by atoms with Gasteiger partial charge in [-0.1, -0.05) is 18.9 Å². The average molecular weight is 349 g/mol. The van der Waals surface area contributed by atoms with Gasteiger partial charge in [0, 0.05) is 20.3 Å². The molecule has 0 atom stereocenters. The lowest BCUT2D eigenvalue weighted by Crippen LogP contribution is -2.40. The fraction of sp³-hybridized carbons (Fsp3) is 0.632. The molecule has 1 aliphatic rings. The largest absolute Gasteiger partial charge is 0.493 e. The van der Waals surface area contributed by atoms with E-state index in [4.69, 9.17) is 19.9 Å². The number of hydrogen-bond acceptors (Lipinski definition) is 4. The van der Waals surface area contributed by atoms with E-state index < -0.39 is 0 Å². The Kier molecular flexibility index (Phi) is 7.37. The van der Waals surface area contributed by atoms with E-state index in [0.29, 0.717) is 29.4 Å². The molecule has 0 aliphatic heterocycles. The summed E-state index contributed by atoms with van der Waals surface area (Å²) in [5, 5.41) is 3.31. The average Bonchev–Trinajstić information content (AvgIpc) is 3.12. The Bertz CT molecular complexity index is 569. The van der Waals surface area contributed by atoms with Gasteiger partial charge in [-0.05, 0) is 42.4 Å². The second-order valence-electron chi connectivity index (χ2n) is 6.69. The second kappa shape index (κ2) is 9.51. The highest BCUT2D eigenvalue weighted by Crippen LogP contribution is 2.40. The highest BCUT2D eigenvalue weighted by Gasteiger charge is 2.33. The number of nitrogens with two attached hydrogens (primary N) is 1. The van der Waals surface area contributed by atoms with Crippen LogP contribution in [0.1, 0.15) is 37.7 Å². The number of nitrogens with zero attached hydrogens (tertiary/aromatic N) is 1. The molecule has 140 valence electrons. The van der Waals surface area contributed by atoms with Crippen LogP contribution in [0.15, 0.2) is 23.2 Å². The molecule has 0 saturated heterocycles. The Balaban J connectivity index is 1.90. The zero-order valence-corrected chi connectivity index (χ0v) is 15.6. The lowest BCUT2D eigenvalue weighted by Gasteiger charge is -2.29. The Labute approximate surface area is 150 Å². The summed E-state index contributed by atoms with van der Waals surface area (Å²) in [4.78, 5) is 4.45. The molecule has 25 heavy (non-hydrogen) atoms. The summed E-state index contributed by atoms with van der Waals surface area (Å²) in [6, 6.07) is 5.77. The third kappa shape index (κ3) is 5.53. The van der Waals surface area contributed by atoms with Crippen LogP contribution < -0.4 is 20.5 Å². The summed E-state index contributed by atoms with van der Waals surface area (Å²) >= 11 is 0. The molecular formula is C19H31N3O3. The van der Waals surface area contributed by atoms with E-state index in [1.165, 1.54) is 25.7 Å². The predicted molar refractivity (Wildman–Crippen MR) is 100 cm³/mol. The summed E-state index contributed by atoms with van der Waals surface area (Å²) in [7, 11) is 5.01. The van der Waals surface area contributed by atoms with E-state index in [9.17, 15) is 0 Å². The first-order valence-corrected chi connectivity index (χ1v) is 8.86. The maximum Gasteiger partial charge on any atom is 0.188 e. The fourth-order valence-corrected chi connectivity index (χ4v) is 3.45. The van der Waals surface area contributed by atoms with Gasteiger partial charge in [0.1, 0.15) is 0 Å². The number of rotatable bonds is 9. The third-order valence-corrected chi connectivity index (χ3v) is 5.03. The summed E-state index contributed by atoms with van der Waals surface area (Å²) in [5.74, 6) is 1.90. The fourth-order valence-electron chi connectivity index (χ4n) is 3.45. The van der Waals surface area contributed by atoms with Crippen LogP contribution >= 0.6 is 0 Å². The van der Waals surface area contributed by atoms with Gasteiger partial charge in [-0.25, -0.2) is 4.99 Å². The molecule has 0 unspecified atom stereocenters. The molecule has 0 spiro atoms. The number of benzene rings is 1. The van der Waals surface area contributed by atoms with Crippen molar-refractivity contribution >= 4 is 5.96 Å². The van der Waals surface area contributed by atoms with Crippen LogP contribution in [0.25, 0.3) is 0 Å². The maximum atomic E-state index is 6.07. The van der Waals surface area contributed by atoms with Crippen LogP contribution in [0.5, 0.6) is 11.5 Å². The molecule has 0 heterocycles. The number of ether oxygens (including phenoxy) is 3. The molecule has 0 radical (unpaired) electrons. The van der Waals surface area contributed by atoms with E-state index in [2.05, 4.69) is 10.3 Å².